The largest absolute Gasteiger partial charge is 0.350 e. The molecule has 34 heavy (non-hydrogen) atoms. The Labute approximate surface area is 211 Å². The van der Waals surface area contributed by atoms with Crippen LogP contribution in [-0.2, 0) is 16.0 Å². The Kier molecular flexibility index (Phi) is 6.93. The number of nitrogens with zero attached hydrogens (tertiary/aromatic N) is 1. The number of rotatable bonds is 6. The Morgan fingerprint density at radius 3 is 2.15 bits per heavy atom. The number of carbonyl (C=O) groups excluding carboxylic acids is 3. The fraction of sp³-hybridized carbons (Fsp3) is 0.0800. The number of halogens is 3. The van der Waals surface area contributed by atoms with Crippen molar-refractivity contribution in [2.45, 2.75) is 13.3 Å². The molecular weight excluding hydrogens is 497 g/mol. The van der Waals surface area contributed by atoms with Crippen LogP contribution in [-0.4, -0.2) is 17.7 Å². The predicted molar refractivity (Wildman–Crippen MR) is 136 cm³/mol. The van der Waals surface area contributed by atoms with E-state index in [9.17, 15) is 14.4 Å². The van der Waals surface area contributed by atoms with Crippen molar-refractivity contribution in [1.29, 1.82) is 0 Å². The van der Waals surface area contributed by atoms with E-state index >= 15 is 0 Å². The molecule has 0 saturated carbocycles. The molecule has 0 saturated heterocycles. The predicted octanol–water partition coefficient (Wildman–Crippen LogP) is 6.24. The number of benzene rings is 3. The zero-order valence-corrected chi connectivity index (χ0v) is 20.1. The first-order valence-electron chi connectivity index (χ1n) is 10.3. The summed E-state index contributed by atoms with van der Waals surface area (Å²) in [5.41, 5.74) is 2.80. The first kappa shape index (κ1) is 23.8. The lowest BCUT2D eigenvalue weighted by molar-refractivity contribution is -0.120. The molecule has 0 aliphatic carbocycles. The molecule has 0 bridgehead atoms. The van der Waals surface area contributed by atoms with E-state index in [4.69, 9.17) is 34.8 Å². The molecule has 3 aromatic rings. The van der Waals surface area contributed by atoms with E-state index < -0.39 is 11.8 Å². The quantitative estimate of drug-likeness (QED) is 0.382. The topological polar surface area (TPSA) is 78.5 Å². The summed E-state index contributed by atoms with van der Waals surface area (Å²) in [5, 5.41) is 5.69. The number of amides is 3. The van der Waals surface area contributed by atoms with E-state index in [-0.39, 0.29) is 32.4 Å². The minimum atomic E-state index is -0.719. The van der Waals surface area contributed by atoms with Crippen LogP contribution in [0.3, 0.4) is 0 Å². The van der Waals surface area contributed by atoms with Crippen molar-refractivity contribution in [3.8, 4) is 0 Å². The SMILES string of the molecule is CCc1ccc(NC(=O)c2ccc(NC3=C(Cl)C(=O)N(c4cccc(Cl)c4Cl)C3=O)cc2)cc1. The summed E-state index contributed by atoms with van der Waals surface area (Å²) < 4.78 is 0. The van der Waals surface area contributed by atoms with Gasteiger partial charge in [0.2, 0.25) is 0 Å². The Hall–Kier alpha value is -3.32. The Bertz CT molecular complexity index is 1320. The molecular formula is C25H18Cl3N3O3. The van der Waals surface area contributed by atoms with E-state index in [1.807, 2.05) is 24.3 Å². The first-order chi connectivity index (χ1) is 16.3. The third kappa shape index (κ3) is 4.66. The molecule has 3 aromatic carbocycles. The van der Waals surface area contributed by atoms with Gasteiger partial charge in [0.25, 0.3) is 17.7 Å². The van der Waals surface area contributed by atoms with Gasteiger partial charge in [0.15, 0.2) is 0 Å². The number of anilines is 3. The molecule has 0 spiro atoms. The van der Waals surface area contributed by atoms with Crippen LogP contribution in [0.5, 0.6) is 0 Å². The van der Waals surface area contributed by atoms with E-state index in [2.05, 4.69) is 17.6 Å². The van der Waals surface area contributed by atoms with Crippen LogP contribution in [0.2, 0.25) is 10.0 Å². The van der Waals surface area contributed by atoms with Crippen molar-refractivity contribution in [2.75, 3.05) is 15.5 Å². The third-order valence-electron chi connectivity index (χ3n) is 5.24. The highest BCUT2D eigenvalue weighted by Crippen LogP contribution is 2.37. The van der Waals surface area contributed by atoms with Crippen LogP contribution in [0.15, 0.2) is 77.5 Å². The maximum absolute atomic E-state index is 13.0. The highest BCUT2D eigenvalue weighted by Gasteiger charge is 2.40. The lowest BCUT2D eigenvalue weighted by Gasteiger charge is -2.17. The van der Waals surface area contributed by atoms with E-state index in [0.717, 1.165) is 11.3 Å². The van der Waals surface area contributed by atoms with Gasteiger partial charge >= 0.3 is 0 Å². The number of hydrogen-bond donors (Lipinski definition) is 2. The number of imide groups is 1. The molecule has 0 radical (unpaired) electrons. The summed E-state index contributed by atoms with van der Waals surface area (Å²) in [6.45, 7) is 2.06. The van der Waals surface area contributed by atoms with Crippen molar-refractivity contribution in [3.05, 3.63) is 98.6 Å². The van der Waals surface area contributed by atoms with Crippen LogP contribution in [0, 0.1) is 0 Å². The molecule has 6 nitrogen and oxygen atoms in total. The maximum Gasteiger partial charge on any atom is 0.283 e. The minimum absolute atomic E-state index is 0.0660. The van der Waals surface area contributed by atoms with E-state index in [1.165, 1.54) is 11.6 Å². The Morgan fingerprint density at radius 2 is 1.50 bits per heavy atom. The summed E-state index contributed by atoms with van der Waals surface area (Å²) >= 11 is 18.4. The molecule has 1 aliphatic heterocycles. The lowest BCUT2D eigenvalue weighted by atomic mass is 10.1. The number of hydrogen-bond acceptors (Lipinski definition) is 4. The van der Waals surface area contributed by atoms with E-state index in [1.54, 1.807) is 36.4 Å². The summed E-state index contributed by atoms with van der Waals surface area (Å²) in [4.78, 5) is 39.0. The van der Waals surface area contributed by atoms with Gasteiger partial charge in [0.1, 0.15) is 10.7 Å². The maximum atomic E-state index is 13.0. The fourth-order valence-corrected chi connectivity index (χ4v) is 3.96. The standard InChI is InChI=1S/C25H18Cl3N3O3/c1-2-14-6-10-17(11-7-14)30-23(32)15-8-12-16(13-9-15)29-22-21(28)24(33)31(25(22)34)19-5-3-4-18(26)20(19)27/h3-13,29H,2H2,1H3,(H,30,32). The first-order valence-corrected chi connectivity index (χ1v) is 11.4. The zero-order valence-electron chi connectivity index (χ0n) is 17.9. The highest BCUT2D eigenvalue weighted by atomic mass is 35.5. The molecule has 1 aliphatic rings. The molecule has 0 unspecified atom stereocenters. The molecule has 9 heteroatoms. The normalized spacial score (nSPS) is 13.5. The van der Waals surface area contributed by atoms with Gasteiger partial charge in [0, 0.05) is 16.9 Å². The smallest absolute Gasteiger partial charge is 0.283 e. The second kappa shape index (κ2) is 9.89. The molecule has 172 valence electrons. The second-order valence-electron chi connectivity index (χ2n) is 7.41. The molecule has 0 fully saturated rings. The monoisotopic (exact) mass is 513 g/mol. The molecule has 2 N–H and O–H groups in total. The number of aryl methyl sites for hydroxylation is 1. The van der Waals surface area contributed by atoms with Crippen molar-refractivity contribution >= 4 is 69.6 Å². The summed E-state index contributed by atoms with van der Waals surface area (Å²) in [7, 11) is 0. The van der Waals surface area contributed by atoms with Crippen LogP contribution in [0.25, 0.3) is 0 Å². The summed E-state index contributed by atoms with van der Waals surface area (Å²) in [6.07, 6.45) is 0.918. The Morgan fingerprint density at radius 1 is 0.853 bits per heavy atom. The molecule has 1 heterocycles. The average molecular weight is 515 g/mol. The summed E-state index contributed by atoms with van der Waals surface area (Å²) in [6, 6.07) is 18.6. The van der Waals surface area contributed by atoms with Gasteiger partial charge in [-0.25, -0.2) is 4.90 Å². The van der Waals surface area contributed by atoms with Gasteiger partial charge in [-0.05, 0) is 60.5 Å². The minimum Gasteiger partial charge on any atom is -0.350 e. The summed E-state index contributed by atoms with van der Waals surface area (Å²) in [5.74, 6) is -1.66. The van der Waals surface area contributed by atoms with Crippen LogP contribution >= 0.6 is 34.8 Å². The fourth-order valence-electron chi connectivity index (χ4n) is 3.37. The van der Waals surface area contributed by atoms with Crippen molar-refractivity contribution in [3.63, 3.8) is 0 Å². The average Bonchev–Trinajstić information content (AvgIpc) is 3.05. The second-order valence-corrected chi connectivity index (χ2v) is 8.58. The van der Waals surface area contributed by atoms with Crippen LogP contribution in [0.4, 0.5) is 17.1 Å². The number of carbonyl (C=O) groups is 3. The van der Waals surface area contributed by atoms with Crippen molar-refractivity contribution in [1.82, 2.24) is 0 Å². The third-order valence-corrected chi connectivity index (χ3v) is 6.40. The van der Waals surface area contributed by atoms with Gasteiger partial charge in [-0.3, -0.25) is 14.4 Å². The van der Waals surface area contributed by atoms with Crippen molar-refractivity contribution in [2.24, 2.45) is 0 Å². The molecule has 4 rings (SSSR count). The van der Waals surface area contributed by atoms with Gasteiger partial charge in [0.05, 0.1) is 15.7 Å². The lowest BCUT2D eigenvalue weighted by Crippen LogP contribution is -2.32. The molecule has 3 amide bonds. The van der Waals surface area contributed by atoms with E-state index in [0.29, 0.717) is 16.9 Å². The zero-order chi connectivity index (χ0) is 24.4. The Balaban J connectivity index is 1.48. The van der Waals surface area contributed by atoms with Gasteiger partial charge in [-0.15, -0.1) is 0 Å². The van der Waals surface area contributed by atoms with Gasteiger partial charge < -0.3 is 10.6 Å². The van der Waals surface area contributed by atoms with Gasteiger partial charge in [-0.2, -0.15) is 0 Å². The molecule has 0 aromatic heterocycles. The highest BCUT2D eigenvalue weighted by molar-refractivity contribution is 6.54. The van der Waals surface area contributed by atoms with Crippen LogP contribution in [0.1, 0.15) is 22.8 Å². The van der Waals surface area contributed by atoms with Crippen molar-refractivity contribution < 1.29 is 14.4 Å². The van der Waals surface area contributed by atoms with Crippen LogP contribution < -0.4 is 15.5 Å². The number of nitrogens with one attached hydrogen (secondary N) is 2. The van der Waals surface area contributed by atoms with Gasteiger partial charge in [-0.1, -0.05) is 59.9 Å². The molecule has 0 atom stereocenters.